The lowest BCUT2D eigenvalue weighted by molar-refractivity contribution is 0.469. The first-order valence-corrected chi connectivity index (χ1v) is 4.90. The first-order chi connectivity index (χ1) is 6.24. The Balaban J connectivity index is 2.53. The topological polar surface area (TPSA) is 24.9 Å². The summed E-state index contributed by atoms with van der Waals surface area (Å²) in [5.41, 5.74) is 1.30. The van der Waals surface area contributed by atoms with Crippen LogP contribution in [0.4, 0.5) is 0 Å². The summed E-state index contributed by atoms with van der Waals surface area (Å²) in [5.74, 6) is 0. The second-order valence-electron chi connectivity index (χ2n) is 3.48. The lowest BCUT2D eigenvalue weighted by Gasteiger charge is -2.18. The van der Waals surface area contributed by atoms with Gasteiger partial charge in [-0.3, -0.25) is 4.98 Å². The van der Waals surface area contributed by atoms with Crippen LogP contribution < -0.4 is 5.32 Å². The second kappa shape index (κ2) is 4.97. The Kier molecular flexibility index (Phi) is 3.90. The van der Waals surface area contributed by atoms with Crippen molar-refractivity contribution in [3.05, 3.63) is 30.1 Å². The normalized spacial score (nSPS) is 15.3. The highest BCUT2D eigenvalue weighted by atomic mass is 14.9. The zero-order valence-electron chi connectivity index (χ0n) is 8.62. The van der Waals surface area contributed by atoms with Gasteiger partial charge in [-0.15, -0.1) is 0 Å². The van der Waals surface area contributed by atoms with Crippen molar-refractivity contribution in [2.75, 3.05) is 0 Å². The van der Waals surface area contributed by atoms with Crippen LogP contribution in [-0.2, 0) is 0 Å². The highest BCUT2D eigenvalue weighted by Crippen LogP contribution is 2.11. The van der Waals surface area contributed by atoms with Crippen molar-refractivity contribution in [1.29, 1.82) is 0 Å². The van der Waals surface area contributed by atoms with Crippen LogP contribution in [0.3, 0.4) is 0 Å². The minimum atomic E-state index is 0.415. The first-order valence-electron chi connectivity index (χ1n) is 4.90. The molecule has 1 aromatic rings. The van der Waals surface area contributed by atoms with Gasteiger partial charge in [-0.25, -0.2) is 0 Å². The monoisotopic (exact) mass is 178 g/mol. The van der Waals surface area contributed by atoms with Gasteiger partial charge in [0.15, 0.2) is 0 Å². The molecule has 0 fully saturated rings. The molecule has 13 heavy (non-hydrogen) atoms. The largest absolute Gasteiger partial charge is 0.308 e. The van der Waals surface area contributed by atoms with E-state index in [1.807, 2.05) is 12.4 Å². The molecule has 72 valence electrons. The highest BCUT2D eigenvalue weighted by molar-refractivity contribution is 5.13. The summed E-state index contributed by atoms with van der Waals surface area (Å²) >= 11 is 0. The summed E-state index contributed by atoms with van der Waals surface area (Å²) < 4.78 is 0. The van der Waals surface area contributed by atoms with Crippen molar-refractivity contribution in [1.82, 2.24) is 10.3 Å². The Bertz CT molecular complexity index is 233. The molecule has 1 heterocycles. The molecule has 0 aliphatic rings. The third-order valence-corrected chi connectivity index (χ3v) is 2.35. The number of aromatic nitrogens is 1. The van der Waals surface area contributed by atoms with E-state index in [4.69, 9.17) is 0 Å². The summed E-state index contributed by atoms with van der Waals surface area (Å²) in [7, 11) is 0. The molecule has 2 nitrogen and oxygen atoms in total. The molecule has 0 amide bonds. The maximum absolute atomic E-state index is 4.00. The quantitative estimate of drug-likeness (QED) is 0.766. The van der Waals surface area contributed by atoms with Crippen LogP contribution in [0.1, 0.15) is 38.8 Å². The first kappa shape index (κ1) is 10.2. The summed E-state index contributed by atoms with van der Waals surface area (Å²) in [4.78, 5) is 4.00. The van der Waals surface area contributed by atoms with Gasteiger partial charge in [0.1, 0.15) is 0 Å². The van der Waals surface area contributed by atoms with Crippen molar-refractivity contribution >= 4 is 0 Å². The van der Waals surface area contributed by atoms with Crippen LogP contribution in [0, 0.1) is 0 Å². The molecule has 2 atom stereocenters. The van der Waals surface area contributed by atoms with Crippen molar-refractivity contribution < 1.29 is 0 Å². The summed E-state index contributed by atoms with van der Waals surface area (Å²) in [6, 6.07) is 5.10. The van der Waals surface area contributed by atoms with Crippen LogP contribution in [-0.4, -0.2) is 11.0 Å². The van der Waals surface area contributed by atoms with E-state index in [0.717, 1.165) is 6.42 Å². The molecule has 0 saturated heterocycles. The smallest absolute Gasteiger partial charge is 0.0295 e. The van der Waals surface area contributed by atoms with Gasteiger partial charge in [-0.1, -0.05) is 6.92 Å². The van der Waals surface area contributed by atoms with E-state index in [0.29, 0.717) is 12.1 Å². The Hall–Kier alpha value is -0.890. The van der Waals surface area contributed by atoms with E-state index in [2.05, 4.69) is 43.2 Å². The van der Waals surface area contributed by atoms with Crippen molar-refractivity contribution in [3.63, 3.8) is 0 Å². The van der Waals surface area contributed by atoms with E-state index in [1.54, 1.807) is 0 Å². The Labute approximate surface area is 80.4 Å². The number of rotatable bonds is 4. The minimum Gasteiger partial charge on any atom is -0.308 e. The summed E-state index contributed by atoms with van der Waals surface area (Å²) in [5, 5.41) is 3.52. The molecule has 1 rings (SSSR count). The van der Waals surface area contributed by atoms with Crippen molar-refractivity contribution in [3.8, 4) is 0 Å². The molecule has 1 aromatic heterocycles. The molecule has 0 aromatic carbocycles. The van der Waals surface area contributed by atoms with Crippen LogP contribution in [0.5, 0.6) is 0 Å². The van der Waals surface area contributed by atoms with Gasteiger partial charge < -0.3 is 5.32 Å². The average Bonchev–Trinajstić information content (AvgIpc) is 2.19. The van der Waals surface area contributed by atoms with Crippen molar-refractivity contribution in [2.45, 2.75) is 39.3 Å². The molecule has 1 N–H and O–H groups in total. The standard InChI is InChI=1S/C11H18N2/c1-4-9(2)13-10(3)11-5-7-12-8-6-11/h5-10,13H,4H2,1-3H3. The lowest BCUT2D eigenvalue weighted by Crippen LogP contribution is -2.28. The fraction of sp³-hybridized carbons (Fsp3) is 0.545. The molecular formula is C11H18N2. The molecule has 0 bridgehead atoms. The molecular weight excluding hydrogens is 160 g/mol. The van der Waals surface area contributed by atoms with Gasteiger partial charge in [-0.2, -0.15) is 0 Å². The molecule has 0 saturated carbocycles. The number of nitrogens with one attached hydrogen (secondary N) is 1. The van der Waals surface area contributed by atoms with E-state index >= 15 is 0 Å². The molecule has 0 aliphatic heterocycles. The second-order valence-corrected chi connectivity index (χ2v) is 3.48. The van der Waals surface area contributed by atoms with Crippen LogP contribution >= 0.6 is 0 Å². The van der Waals surface area contributed by atoms with Crippen LogP contribution in [0.2, 0.25) is 0 Å². The van der Waals surface area contributed by atoms with Gasteiger partial charge in [0.2, 0.25) is 0 Å². The van der Waals surface area contributed by atoms with E-state index in [9.17, 15) is 0 Å². The predicted molar refractivity (Wildman–Crippen MR) is 55.5 cm³/mol. The van der Waals surface area contributed by atoms with Gasteiger partial charge in [0.05, 0.1) is 0 Å². The Morgan fingerprint density at radius 1 is 1.31 bits per heavy atom. The number of pyridine rings is 1. The Morgan fingerprint density at radius 3 is 2.46 bits per heavy atom. The van der Waals surface area contributed by atoms with Gasteiger partial charge in [-0.05, 0) is 38.0 Å². The molecule has 0 aliphatic carbocycles. The zero-order chi connectivity index (χ0) is 9.68. The maximum Gasteiger partial charge on any atom is 0.0295 e. The predicted octanol–water partition coefficient (Wildman–Crippen LogP) is 2.53. The fourth-order valence-electron chi connectivity index (χ4n) is 1.29. The van der Waals surface area contributed by atoms with E-state index < -0.39 is 0 Å². The Morgan fingerprint density at radius 2 is 1.92 bits per heavy atom. The molecule has 2 heteroatoms. The third-order valence-electron chi connectivity index (χ3n) is 2.35. The minimum absolute atomic E-state index is 0.415. The lowest BCUT2D eigenvalue weighted by atomic mass is 10.1. The van der Waals surface area contributed by atoms with Gasteiger partial charge >= 0.3 is 0 Å². The van der Waals surface area contributed by atoms with Crippen molar-refractivity contribution in [2.24, 2.45) is 0 Å². The SMILES string of the molecule is CCC(C)NC(C)c1ccncc1. The summed E-state index contributed by atoms with van der Waals surface area (Å²) in [6.07, 6.45) is 4.84. The zero-order valence-corrected chi connectivity index (χ0v) is 8.62. The van der Waals surface area contributed by atoms with Gasteiger partial charge in [0, 0.05) is 24.5 Å². The number of hydrogen-bond donors (Lipinski definition) is 1. The fourth-order valence-corrected chi connectivity index (χ4v) is 1.29. The maximum atomic E-state index is 4.00. The summed E-state index contributed by atoms with van der Waals surface area (Å²) in [6.45, 7) is 6.58. The third kappa shape index (κ3) is 3.15. The molecule has 0 radical (unpaired) electrons. The molecule has 2 unspecified atom stereocenters. The number of nitrogens with zero attached hydrogens (tertiary/aromatic N) is 1. The average molecular weight is 178 g/mol. The van der Waals surface area contributed by atoms with Gasteiger partial charge in [0.25, 0.3) is 0 Å². The number of hydrogen-bond acceptors (Lipinski definition) is 2. The molecule has 0 spiro atoms. The van der Waals surface area contributed by atoms with E-state index in [1.165, 1.54) is 5.56 Å². The van der Waals surface area contributed by atoms with Crippen LogP contribution in [0.15, 0.2) is 24.5 Å². The van der Waals surface area contributed by atoms with Crippen LogP contribution in [0.25, 0.3) is 0 Å². The van der Waals surface area contributed by atoms with E-state index in [-0.39, 0.29) is 0 Å². The highest BCUT2D eigenvalue weighted by Gasteiger charge is 2.06.